The maximum atomic E-state index is 11.1. The molecule has 104 valence electrons. The van der Waals surface area contributed by atoms with Crippen LogP contribution in [-0.4, -0.2) is 30.0 Å². The van der Waals surface area contributed by atoms with Gasteiger partial charge in [0.05, 0.1) is 19.2 Å². The van der Waals surface area contributed by atoms with Crippen LogP contribution in [0.4, 0.5) is 0 Å². The van der Waals surface area contributed by atoms with E-state index in [1.165, 1.54) is 7.11 Å². The monoisotopic (exact) mass is 275 g/mol. The lowest BCUT2D eigenvalue weighted by Gasteiger charge is -2.07. The summed E-state index contributed by atoms with van der Waals surface area (Å²) >= 11 is 0. The van der Waals surface area contributed by atoms with Gasteiger partial charge < -0.3 is 19.3 Å². The molecular weight excluding hydrogens is 262 g/mol. The lowest BCUT2D eigenvalue weighted by Crippen LogP contribution is -2.03. The van der Waals surface area contributed by atoms with Crippen LogP contribution in [0.2, 0.25) is 0 Å². The number of hydrogen-bond acceptors (Lipinski definition) is 6. The molecule has 3 rings (SSSR count). The Bertz CT molecular complexity index is 683. The van der Waals surface area contributed by atoms with Crippen molar-refractivity contribution in [2.45, 2.75) is 12.8 Å². The van der Waals surface area contributed by atoms with Crippen LogP contribution in [0.25, 0.3) is 10.8 Å². The first-order chi connectivity index (χ1) is 9.69. The zero-order valence-electron chi connectivity index (χ0n) is 10.9. The Kier molecular flexibility index (Phi) is 3.06. The van der Waals surface area contributed by atoms with Crippen molar-refractivity contribution in [1.82, 2.24) is 4.98 Å². The average Bonchev–Trinajstić information content (AvgIpc) is 2.92. The van der Waals surface area contributed by atoms with E-state index >= 15 is 0 Å². The fourth-order valence-corrected chi connectivity index (χ4v) is 2.14. The molecule has 20 heavy (non-hydrogen) atoms. The number of methoxy groups -OCH3 is 1. The van der Waals surface area contributed by atoms with Crippen molar-refractivity contribution in [3.63, 3.8) is 0 Å². The number of benzene rings is 1. The number of hydrogen-bond donors (Lipinski definition) is 1. The van der Waals surface area contributed by atoms with Crippen molar-refractivity contribution in [2.75, 3.05) is 13.9 Å². The average molecular weight is 275 g/mol. The van der Waals surface area contributed by atoms with Gasteiger partial charge in [-0.25, -0.2) is 0 Å². The van der Waals surface area contributed by atoms with E-state index in [0.29, 0.717) is 29.0 Å². The highest BCUT2D eigenvalue weighted by molar-refractivity contribution is 5.91. The van der Waals surface area contributed by atoms with Gasteiger partial charge in [0.2, 0.25) is 6.79 Å². The van der Waals surface area contributed by atoms with Crippen LogP contribution in [-0.2, 0) is 16.0 Å². The van der Waals surface area contributed by atoms with Crippen LogP contribution in [0.15, 0.2) is 18.3 Å². The van der Waals surface area contributed by atoms with Gasteiger partial charge in [-0.15, -0.1) is 0 Å². The predicted octanol–water partition coefficient (Wildman–Crippen LogP) is 1.77. The van der Waals surface area contributed by atoms with Crippen molar-refractivity contribution >= 4 is 16.7 Å². The SMILES string of the molecule is COC(=O)CCc1ncc2cc3c(cc2c1O)OCO3. The Balaban J connectivity index is 1.97. The standard InChI is InChI=1S/C14H13NO5/c1-18-13(16)3-2-10-14(17)9-5-12-11(19-7-20-12)4-8(9)6-15-10/h4-6,17H,2-3,7H2,1H3. The van der Waals surface area contributed by atoms with Gasteiger partial charge in [0.15, 0.2) is 11.5 Å². The van der Waals surface area contributed by atoms with Gasteiger partial charge in [-0.05, 0) is 12.1 Å². The van der Waals surface area contributed by atoms with Crippen molar-refractivity contribution < 1.29 is 24.1 Å². The molecule has 0 fully saturated rings. The Hall–Kier alpha value is -2.50. The maximum Gasteiger partial charge on any atom is 0.305 e. The quantitative estimate of drug-likeness (QED) is 0.860. The van der Waals surface area contributed by atoms with Gasteiger partial charge >= 0.3 is 5.97 Å². The molecule has 0 spiro atoms. The van der Waals surface area contributed by atoms with Crippen molar-refractivity contribution in [1.29, 1.82) is 0 Å². The molecule has 1 aromatic carbocycles. The third-order valence-electron chi connectivity index (χ3n) is 3.23. The number of aromatic nitrogens is 1. The molecule has 0 unspecified atom stereocenters. The van der Waals surface area contributed by atoms with Gasteiger partial charge in [0, 0.05) is 23.4 Å². The van der Waals surface area contributed by atoms with E-state index in [4.69, 9.17) is 9.47 Å². The molecule has 2 heterocycles. The van der Waals surface area contributed by atoms with Gasteiger partial charge in [-0.2, -0.15) is 0 Å². The number of fused-ring (bicyclic) bond motifs is 2. The van der Waals surface area contributed by atoms with Gasteiger partial charge in [0.25, 0.3) is 0 Å². The number of aromatic hydroxyl groups is 1. The molecular formula is C14H13NO5. The van der Waals surface area contributed by atoms with Gasteiger partial charge in [-0.3, -0.25) is 9.78 Å². The highest BCUT2D eigenvalue weighted by atomic mass is 16.7. The topological polar surface area (TPSA) is 77.9 Å². The summed E-state index contributed by atoms with van der Waals surface area (Å²) in [6, 6.07) is 3.49. The molecule has 0 aliphatic carbocycles. The minimum Gasteiger partial charge on any atom is -0.505 e. The third kappa shape index (κ3) is 2.09. The number of pyridine rings is 1. The lowest BCUT2D eigenvalue weighted by atomic mass is 10.1. The Morgan fingerprint density at radius 3 is 2.90 bits per heavy atom. The second-order valence-corrected chi connectivity index (χ2v) is 4.42. The van der Waals surface area contributed by atoms with E-state index < -0.39 is 0 Å². The van der Waals surface area contributed by atoms with Crippen molar-refractivity contribution in [3.8, 4) is 17.2 Å². The number of esters is 1. The van der Waals surface area contributed by atoms with Crippen LogP contribution in [0.5, 0.6) is 17.2 Å². The molecule has 1 aliphatic rings. The minimum absolute atomic E-state index is 0.0599. The highest BCUT2D eigenvalue weighted by Crippen LogP contribution is 2.39. The largest absolute Gasteiger partial charge is 0.505 e. The molecule has 0 saturated heterocycles. The molecule has 1 aliphatic heterocycles. The Labute approximate surface area is 114 Å². The number of carbonyl (C=O) groups is 1. The number of rotatable bonds is 3. The first-order valence-corrected chi connectivity index (χ1v) is 6.16. The molecule has 1 aromatic heterocycles. The van der Waals surface area contributed by atoms with E-state index in [2.05, 4.69) is 9.72 Å². The molecule has 6 nitrogen and oxygen atoms in total. The molecule has 1 N–H and O–H groups in total. The second-order valence-electron chi connectivity index (χ2n) is 4.42. The predicted molar refractivity (Wildman–Crippen MR) is 69.9 cm³/mol. The molecule has 0 bridgehead atoms. The van der Waals surface area contributed by atoms with Gasteiger partial charge in [-0.1, -0.05) is 0 Å². The van der Waals surface area contributed by atoms with Crippen LogP contribution < -0.4 is 9.47 Å². The molecule has 0 radical (unpaired) electrons. The summed E-state index contributed by atoms with van der Waals surface area (Å²) in [4.78, 5) is 15.3. The molecule has 0 atom stereocenters. The summed E-state index contributed by atoms with van der Waals surface area (Å²) in [6.45, 7) is 0.176. The second kappa shape index (κ2) is 4.88. The van der Waals surface area contributed by atoms with E-state index in [9.17, 15) is 9.90 Å². The highest BCUT2D eigenvalue weighted by Gasteiger charge is 2.17. The lowest BCUT2D eigenvalue weighted by molar-refractivity contribution is -0.140. The smallest absolute Gasteiger partial charge is 0.305 e. The van der Waals surface area contributed by atoms with Crippen molar-refractivity contribution in [2.24, 2.45) is 0 Å². The molecule has 0 saturated carbocycles. The number of aryl methyl sites for hydroxylation is 1. The zero-order valence-corrected chi connectivity index (χ0v) is 10.9. The van der Waals surface area contributed by atoms with Crippen LogP contribution in [0.1, 0.15) is 12.1 Å². The summed E-state index contributed by atoms with van der Waals surface area (Å²) in [7, 11) is 1.33. The summed E-state index contributed by atoms with van der Waals surface area (Å²) in [5.74, 6) is 0.959. The third-order valence-corrected chi connectivity index (χ3v) is 3.23. The fraction of sp³-hybridized carbons (Fsp3) is 0.286. The molecule has 0 amide bonds. The van der Waals surface area contributed by atoms with Crippen molar-refractivity contribution in [3.05, 3.63) is 24.0 Å². The van der Waals surface area contributed by atoms with E-state index in [-0.39, 0.29) is 24.9 Å². The number of nitrogens with zero attached hydrogens (tertiary/aromatic N) is 1. The maximum absolute atomic E-state index is 11.1. The van der Waals surface area contributed by atoms with E-state index in [1.807, 2.05) is 0 Å². The first-order valence-electron chi connectivity index (χ1n) is 6.16. The molecule has 2 aromatic rings. The summed E-state index contributed by atoms with van der Waals surface area (Å²) in [5, 5.41) is 11.6. The zero-order chi connectivity index (χ0) is 14.1. The Morgan fingerprint density at radius 1 is 1.40 bits per heavy atom. The molecule has 6 heteroatoms. The first kappa shape index (κ1) is 12.5. The summed E-state index contributed by atoms with van der Waals surface area (Å²) in [5.41, 5.74) is 0.460. The van der Waals surface area contributed by atoms with Gasteiger partial charge in [0.1, 0.15) is 5.75 Å². The van der Waals surface area contributed by atoms with E-state index in [0.717, 1.165) is 5.39 Å². The normalized spacial score (nSPS) is 12.7. The fourth-order valence-electron chi connectivity index (χ4n) is 2.14. The van der Waals surface area contributed by atoms with Crippen LogP contribution in [0, 0.1) is 0 Å². The number of carbonyl (C=O) groups excluding carboxylic acids is 1. The Morgan fingerprint density at radius 2 is 2.15 bits per heavy atom. The van der Waals surface area contributed by atoms with Crippen LogP contribution in [0.3, 0.4) is 0 Å². The summed E-state index contributed by atoms with van der Waals surface area (Å²) in [6.07, 6.45) is 2.14. The van der Waals surface area contributed by atoms with E-state index in [1.54, 1.807) is 18.3 Å². The van der Waals surface area contributed by atoms with Crippen LogP contribution >= 0.6 is 0 Å². The minimum atomic E-state index is -0.336. The number of ether oxygens (including phenoxy) is 3. The summed E-state index contributed by atoms with van der Waals surface area (Å²) < 4.78 is 15.1.